The Labute approximate surface area is 188 Å². The molecule has 148 valence electrons. The summed E-state index contributed by atoms with van der Waals surface area (Å²) in [4.78, 5) is 2.55. The van der Waals surface area contributed by atoms with E-state index in [4.69, 9.17) is 0 Å². The Kier molecular flexibility index (Phi) is 4.45. The van der Waals surface area contributed by atoms with Gasteiger partial charge in [0.05, 0.1) is 4.70 Å². The maximum absolute atomic E-state index is 9.87. The zero-order valence-corrected chi connectivity index (χ0v) is 18.2. The van der Waals surface area contributed by atoms with Gasteiger partial charge in [-0.2, -0.15) is 0 Å². The fraction of sp³-hybridized carbons (Fsp3) is 0. The van der Waals surface area contributed by atoms with Crippen LogP contribution in [0.1, 0.15) is 0 Å². The Morgan fingerprint density at radius 2 is 1.26 bits per heavy atom. The maximum atomic E-state index is 9.87. The monoisotopic (exact) mass is 434 g/mol. The van der Waals surface area contributed by atoms with Gasteiger partial charge in [-0.25, -0.2) is 0 Å². The van der Waals surface area contributed by atoms with Crippen LogP contribution in [0.3, 0.4) is 0 Å². The van der Waals surface area contributed by atoms with Crippen molar-refractivity contribution in [2.45, 2.75) is 9.79 Å². The highest BCUT2D eigenvalue weighted by molar-refractivity contribution is 8.00. The van der Waals surface area contributed by atoms with Gasteiger partial charge in [-0.3, -0.25) is 0 Å². The zero-order valence-electron chi connectivity index (χ0n) is 16.6. The molecule has 0 atom stereocenters. The van der Waals surface area contributed by atoms with Crippen LogP contribution in [-0.2, 0) is 0 Å². The molecule has 0 unspecified atom stereocenters. The summed E-state index contributed by atoms with van der Waals surface area (Å²) in [5.74, 6) is 0.288. The molecule has 0 amide bonds. The Hall–Kier alpha value is -3.27. The van der Waals surface area contributed by atoms with Crippen LogP contribution in [-0.4, -0.2) is 5.11 Å². The van der Waals surface area contributed by atoms with Crippen LogP contribution in [0.2, 0.25) is 0 Å². The Morgan fingerprint density at radius 3 is 2.03 bits per heavy atom. The second-order valence-corrected chi connectivity index (χ2v) is 9.65. The van der Waals surface area contributed by atoms with Crippen molar-refractivity contribution in [2.24, 2.45) is 0 Å². The standard InChI is InChI=1S/C28H18OS2/c29-19-16-14-18(15-17-19)25-21-10-4-5-11-22(21)27(30-20-8-2-1-3-9-20)28-26(25)23-12-6-7-13-24(23)31-28/h1-17,29H. The first kappa shape index (κ1) is 18.5. The van der Waals surface area contributed by atoms with E-state index in [0.29, 0.717) is 0 Å². The van der Waals surface area contributed by atoms with Crippen LogP contribution in [0.4, 0.5) is 0 Å². The lowest BCUT2D eigenvalue weighted by Crippen LogP contribution is -1.87. The van der Waals surface area contributed by atoms with E-state index in [1.165, 1.54) is 46.3 Å². The molecule has 0 aliphatic carbocycles. The number of phenolic OH excluding ortho intramolecular Hbond substituents is 1. The zero-order chi connectivity index (χ0) is 20.8. The summed E-state index contributed by atoms with van der Waals surface area (Å²) in [7, 11) is 0. The molecule has 1 N–H and O–H groups in total. The average Bonchev–Trinajstić information content (AvgIpc) is 3.20. The molecule has 3 heteroatoms. The highest BCUT2D eigenvalue weighted by Crippen LogP contribution is 2.50. The van der Waals surface area contributed by atoms with Gasteiger partial charge in [-0.05, 0) is 52.2 Å². The van der Waals surface area contributed by atoms with Crippen LogP contribution in [0.25, 0.3) is 42.1 Å². The van der Waals surface area contributed by atoms with Gasteiger partial charge in [-0.15, -0.1) is 11.3 Å². The van der Waals surface area contributed by atoms with Crippen molar-refractivity contribution in [3.8, 4) is 16.9 Å². The van der Waals surface area contributed by atoms with Crippen LogP contribution in [0.15, 0.2) is 113 Å². The molecule has 6 aromatic rings. The van der Waals surface area contributed by atoms with Crippen molar-refractivity contribution in [1.29, 1.82) is 0 Å². The van der Waals surface area contributed by atoms with Crippen molar-refractivity contribution in [1.82, 2.24) is 0 Å². The minimum Gasteiger partial charge on any atom is -0.508 e. The molecule has 0 spiro atoms. The van der Waals surface area contributed by atoms with Crippen molar-refractivity contribution >= 4 is 54.0 Å². The van der Waals surface area contributed by atoms with Crippen molar-refractivity contribution < 1.29 is 5.11 Å². The number of aromatic hydroxyl groups is 1. The third kappa shape index (κ3) is 3.09. The predicted octanol–water partition coefficient (Wildman–Crippen LogP) is 8.73. The van der Waals surface area contributed by atoms with Crippen molar-refractivity contribution in [3.63, 3.8) is 0 Å². The number of rotatable bonds is 3. The van der Waals surface area contributed by atoms with E-state index < -0.39 is 0 Å². The van der Waals surface area contributed by atoms with Crippen LogP contribution < -0.4 is 0 Å². The number of thiophene rings is 1. The second kappa shape index (κ2) is 7.45. The van der Waals surface area contributed by atoms with Crippen LogP contribution in [0, 0.1) is 0 Å². The van der Waals surface area contributed by atoms with Gasteiger partial charge in [0.1, 0.15) is 5.75 Å². The number of hydrogen-bond acceptors (Lipinski definition) is 3. The third-order valence-corrected chi connectivity index (χ3v) is 8.07. The maximum Gasteiger partial charge on any atom is 0.115 e. The van der Waals surface area contributed by atoms with Crippen molar-refractivity contribution in [3.05, 3.63) is 103 Å². The largest absolute Gasteiger partial charge is 0.508 e. The van der Waals surface area contributed by atoms with E-state index in [1.54, 1.807) is 12.1 Å². The quantitative estimate of drug-likeness (QED) is 0.300. The Morgan fingerprint density at radius 1 is 0.613 bits per heavy atom. The molecule has 0 radical (unpaired) electrons. The number of hydrogen-bond donors (Lipinski definition) is 1. The molecule has 0 aliphatic rings. The van der Waals surface area contributed by atoms with Gasteiger partial charge in [0.2, 0.25) is 0 Å². The summed E-state index contributed by atoms with van der Waals surface area (Å²) in [5.41, 5.74) is 2.36. The summed E-state index contributed by atoms with van der Waals surface area (Å²) in [6.45, 7) is 0. The fourth-order valence-electron chi connectivity index (χ4n) is 4.25. The van der Waals surface area contributed by atoms with Gasteiger partial charge in [0, 0.05) is 25.3 Å². The first-order valence-corrected chi connectivity index (χ1v) is 11.8. The van der Waals surface area contributed by atoms with Gasteiger partial charge in [0.25, 0.3) is 0 Å². The van der Waals surface area contributed by atoms with Gasteiger partial charge >= 0.3 is 0 Å². The molecule has 5 aromatic carbocycles. The minimum absolute atomic E-state index is 0.288. The molecule has 31 heavy (non-hydrogen) atoms. The molecule has 0 bridgehead atoms. The van der Waals surface area contributed by atoms with E-state index in [-0.39, 0.29) is 5.75 Å². The number of fused-ring (bicyclic) bond motifs is 4. The lowest BCUT2D eigenvalue weighted by atomic mass is 9.93. The first-order valence-electron chi connectivity index (χ1n) is 10.2. The Balaban J connectivity index is 1.79. The topological polar surface area (TPSA) is 20.2 Å². The molecule has 6 rings (SSSR count). The molecule has 1 nitrogen and oxygen atoms in total. The predicted molar refractivity (Wildman–Crippen MR) is 135 cm³/mol. The molecule has 0 aliphatic heterocycles. The van der Waals surface area contributed by atoms with Gasteiger partial charge < -0.3 is 5.11 Å². The SMILES string of the molecule is Oc1ccc(-c2c3ccccc3c(Sc3ccccc3)c3sc4ccccc4c23)cc1. The molecule has 1 aromatic heterocycles. The van der Waals surface area contributed by atoms with Crippen molar-refractivity contribution in [2.75, 3.05) is 0 Å². The smallest absolute Gasteiger partial charge is 0.115 e. The molecule has 0 saturated carbocycles. The summed E-state index contributed by atoms with van der Waals surface area (Å²) >= 11 is 3.70. The fourth-order valence-corrected chi connectivity index (χ4v) is 6.67. The highest BCUT2D eigenvalue weighted by Gasteiger charge is 2.20. The lowest BCUT2D eigenvalue weighted by molar-refractivity contribution is 0.475. The van der Waals surface area contributed by atoms with E-state index in [1.807, 2.05) is 35.2 Å². The normalized spacial score (nSPS) is 11.5. The average molecular weight is 435 g/mol. The van der Waals surface area contributed by atoms with Gasteiger partial charge in [-0.1, -0.05) is 84.6 Å². The Bertz CT molecular complexity index is 1550. The lowest BCUT2D eigenvalue weighted by Gasteiger charge is -2.15. The summed E-state index contributed by atoms with van der Waals surface area (Å²) in [6, 6.07) is 35.5. The first-order chi connectivity index (χ1) is 15.3. The van der Waals surface area contributed by atoms with Crippen LogP contribution >= 0.6 is 23.1 Å². The molecule has 0 saturated heterocycles. The number of benzene rings is 5. The van der Waals surface area contributed by atoms with E-state index in [0.717, 1.165) is 5.56 Å². The van der Waals surface area contributed by atoms with E-state index in [2.05, 4.69) is 78.9 Å². The second-order valence-electron chi connectivity index (χ2n) is 7.51. The molecule has 0 fully saturated rings. The minimum atomic E-state index is 0.288. The van der Waals surface area contributed by atoms with Crippen LogP contribution in [0.5, 0.6) is 5.75 Å². The highest BCUT2D eigenvalue weighted by atomic mass is 32.2. The summed E-state index contributed by atoms with van der Waals surface area (Å²) < 4.78 is 2.61. The molecular formula is C28H18OS2. The van der Waals surface area contributed by atoms with Gasteiger partial charge in [0.15, 0.2) is 0 Å². The third-order valence-electron chi connectivity index (χ3n) is 5.61. The summed E-state index contributed by atoms with van der Waals surface area (Å²) in [5, 5.41) is 14.9. The molecule has 1 heterocycles. The van der Waals surface area contributed by atoms with E-state index >= 15 is 0 Å². The summed E-state index contributed by atoms with van der Waals surface area (Å²) in [6.07, 6.45) is 0. The molecular weight excluding hydrogens is 416 g/mol. The number of phenols is 1. The van der Waals surface area contributed by atoms with E-state index in [9.17, 15) is 5.11 Å².